The lowest BCUT2D eigenvalue weighted by molar-refractivity contribution is 0.0696. The summed E-state index contributed by atoms with van der Waals surface area (Å²) in [5.41, 5.74) is 0.133. The molecule has 0 amide bonds. The maximum atomic E-state index is 10.7. The molecule has 0 aliphatic heterocycles. The summed E-state index contributed by atoms with van der Waals surface area (Å²) in [5, 5.41) is 8.78. The summed E-state index contributed by atoms with van der Waals surface area (Å²) in [6.45, 7) is 0. The van der Waals surface area contributed by atoms with E-state index in [0.717, 1.165) is 0 Å². The van der Waals surface area contributed by atoms with Crippen molar-refractivity contribution in [3.8, 4) is 11.6 Å². The summed E-state index contributed by atoms with van der Waals surface area (Å²) in [4.78, 5) is 18.5. The van der Waals surface area contributed by atoms with Gasteiger partial charge in [-0.25, -0.2) is 9.78 Å². The fourth-order valence-electron chi connectivity index (χ4n) is 1.13. The lowest BCUT2D eigenvalue weighted by Crippen LogP contribution is -1.97. The molecular weight excluding hydrogens is 208 g/mol. The molecule has 0 aliphatic rings. The van der Waals surface area contributed by atoms with E-state index < -0.39 is 5.97 Å². The first-order valence-electron chi connectivity index (χ1n) is 4.53. The van der Waals surface area contributed by atoms with Gasteiger partial charge in [-0.15, -0.1) is 0 Å². The number of hydrogen-bond donors (Lipinski definition) is 1. The number of carboxylic acid groups (broad SMARTS) is 1. The second-order valence-electron chi connectivity index (χ2n) is 2.98. The van der Waals surface area contributed by atoms with Gasteiger partial charge in [0.1, 0.15) is 5.75 Å². The third-order valence-corrected chi connectivity index (χ3v) is 1.84. The van der Waals surface area contributed by atoms with Crippen LogP contribution in [0.3, 0.4) is 0 Å². The van der Waals surface area contributed by atoms with Gasteiger partial charge < -0.3 is 9.84 Å². The molecule has 0 bridgehead atoms. The van der Waals surface area contributed by atoms with E-state index in [1.54, 1.807) is 18.3 Å². The molecule has 0 spiro atoms. The van der Waals surface area contributed by atoms with Gasteiger partial charge in [-0.2, -0.15) is 0 Å². The zero-order valence-electron chi connectivity index (χ0n) is 8.20. The largest absolute Gasteiger partial charge is 0.478 e. The van der Waals surface area contributed by atoms with Crippen LogP contribution in [0.2, 0.25) is 0 Å². The molecule has 5 nitrogen and oxygen atoms in total. The monoisotopic (exact) mass is 216 g/mol. The van der Waals surface area contributed by atoms with Gasteiger partial charge in [-0.05, 0) is 18.2 Å². The highest BCUT2D eigenvalue weighted by Crippen LogP contribution is 2.18. The summed E-state index contributed by atoms with van der Waals surface area (Å²) in [5.74, 6) is -0.274. The Morgan fingerprint density at radius 2 is 2.19 bits per heavy atom. The average Bonchev–Trinajstić information content (AvgIpc) is 2.30. The van der Waals surface area contributed by atoms with Crippen LogP contribution in [0.4, 0.5) is 0 Å². The molecule has 0 saturated carbocycles. The predicted octanol–water partition coefficient (Wildman–Crippen LogP) is 1.97. The lowest BCUT2D eigenvalue weighted by atomic mass is 10.3. The summed E-state index contributed by atoms with van der Waals surface area (Å²) in [7, 11) is 0. The van der Waals surface area contributed by atoms with Crippen LogP contribution >= 0.6 is 0 Å². The van der Waals surface area contributed by atoms with Crippen molar-refractivity contribution in [1.29, 1.82) is 0 Å². The Morgan fingerprint density at radius 1 is 1.31 bits per heavy atom. The molecule has 0 saturated heterocycles. The normalized spacial score (nSPS) is 9.75. The number of carbonyl (C=O) groups is 1. The third-order valence-electron chi connectivity index (χ3n) is 1.84. The van der Waals surface area contributed by atoms with Gasteiger partial charge in [-0.3, -0.25) is 4.98 Å². The molecule has 0 fully saturated rings. The number of aromatic nitrogens is 2. The van der Waals surface area contributed by atoms with Crippen molar-refractivity contribution in [3.63, 3.8) is 0 Å². The highest BCUT2D eigenvalue weighted by Gasteiger charge is 2.05. The Labute approximate surface area is 91.4 Å². The lowest BCUT2D eigenvalue weighted by Gasteiger charge is -2.03. The van der Waals surface area contributed by atoms with E-state index in [9.17, 15) is 4.79 Å². The number of nitrogens with zero attached hydrogens (tertiary/aromatic N) is 2. The predicted molar refractivity (Wildman–Crippen MR) is 55.5 cm³/mol. The van der Waals surface area contributed by atoms with Crippen molar-refractivity contribution >= 4 is 5.97 Å². The highest BCUT2D eigenvalue weighted by molar-refractivity contribution is 5.87. The number of hydrogen-bond acceptors (Lipinski definition) is 4. The van der Waals surface area contributed by atoms with Gasteiger partial charge in [0.2, 0.25) is 5.88 Å². The zero-order valence-corrected chi connectivity index (χ0v) is 8.20. The molecule has 2 aromatic heterocycles. The van der Waals surface area contributed by atoms with Crippen molar-refractivity contribution in [2.24, 2.45) is 0 Å². The Kier molecular flexibility index (Phi) is 2.77. The van der Waals surface area contributed by atoms with Crippen molar-refractivity contribution in [2.75, 3.05) is 0 Å². The van der Waals surface area contributed by atoms with Gasteiger partial charge in [0.05, 0.1) is 11.8 Å². The summed E-state index contributed by atoms with van der Waals surface area (Å²) in [6.07, 6.45) is 4.53. The minimum Gasteiger partial charge on any atom is -0.478 e. The molecule has 1 N–H and O–H groups in total. The molecule has 2 rings (SSSR count). The van der Waals surface area contributed by atoms with Crippen LogP contribution in [0.15, 0.2) is 42.9 Å². The van der Waals surface area contributed by atoms with Crippen LogP contribution < -0.4 is 4.74 Å². The highest BCUT2D eigenvalue weighted by atomic mass is 16.5. The van der Waals surface area contributed by atoms with Gasteiger partial charge in [-0.1, -0.05) is 0 Å². The van der Waals surface area contributed by atoms with Crippen LogP contribution in [0.25, 0.3) is 0 Å². The molecule has 0 atom stereocenters. The molecule has 0 aliphatic carbocycles. The Morgan fingerprint density at radius 3 is 2.88 bits per heavy atom. The first kappa shape index (κ1) is 10.1. The van der Waals surface area contributed by atoms with E-state index in [1.165, 1.54) is 24.5 Å². The van der Waals surface area contributed by atoms with Gasteiger partial charge in [0.15, 0.2) is 0 Å². The van der Waals surface area contributed by atoms with Crippen molar-refractivity contribution in [1.82, 2.24) is 9.97 Å². The second-order valence-corrected chi connectivity index (χ2v) is 2.98. The van der Waals surface area contributed by atoms with Crippen molar-refractivity contribution < 1.29 is 14.6 Å². The van der Waals surface area contributed by atoms with E-state index >= 15 is 0 Å². The zero-order chi connectivity index (χ0) is 11.4. The first-order valence-corrected chi connectivity index (χ1v) is 4.53. The van der Waals surface area contributed by atoms with E-state index in [0.29, 0.717) is 5.75 Å². The van der Waals surface area contributed by atoms with Gasteiger partial charge in [0.25, 0.3) is 0 Å². The summed E-state index contributed by atoms with van der Waals surface area (Å²) >= 11 is 0. The molecule has 5 heteroatoms. The summed E-state index contributed by atoms with van der Waals surface area (Å²) in [6, 6.07) is 6.19. The van der Waals surface area contributed by atoms with Crippen LogP contribution in [-0.4, -0.2) is 21.0 Å². The second kappa shape index (κ2) is 4.39. The molecule has 16 heavy (non-hydrogen) atoms. The standard InChI is InChI=1S/C11H8N2O3/c14-11(15)8-3-5-13-10(6-8)16-9-2-1-4-12-7-9/h1-7H,(H,14,15). The van der Waals surface area contributed by atoms with Gasteiger partial charge in [0, 0.05) is 18.5 Å². The molecule has 80 valence electrons. The molecule has 2 heterocycles. The third kappa shape index (κ3) is 2.33. The smallest absolute Gasteiger partial charge is 0.335 e. The quantitative estimate of drug-likeness (QED) is 0.849. The fourth-order valence-corrected chi connectivity index (χ4v) is 1.13. The van der Waals surface area contributed by atoms with Crippen LogP contribution in [0.1, 0.15) is 10.4 Å². The average molecular weight is 216 g/mol. The first-order chi connectivity index (χ1) is 7.75. The number of carboxylic acids is 1. The number of rotatable bonds is 3. The van der Waals surface area contributed by atoms with E-state index in [-0.39, 0.29) is 11.4 Å². The van der Waals surface area contributed by atoms with E-state index in [1.807, 2.05) is 0 Å². The Bertz CT molecular complexity index is 500. The van der Waals surface area contributed by atoms with E-state index in [4.69, 9.17) is 9.84 Å². The number of ether oxygens (including phenoxy) is 1. The number of pyridine rings is 2. The molecule has 0 aromatic carbocycles. The Hall–Kier alpha value is -2.43. The van der Waals surface area contributed by atoms with Crippen LogP contribution in [-0.2, 0) is 0 Å². The van der Waals surface area contributed by atoms with Crippen molar-refractivity contribution in [2.45, 2.75) is 0 Å². The molecule has 0 unspecified atom stereocenters. The minimum absolute atomic E-state index is 0.133. The minimum atomic E-state index is -1.02. The molecule has 0 radical (unpaired) electrons. The van der Waals surface area contributed by atoms with Crippen molar-refractivity contribution in [3.05, 3.63) is 48.4 Å². The van der Waals surface area contributed by atoms with E-state index in [2.05, 4.69) is 9.97 Å². The molecular formula is C11H8N2O3. The maximum absolute atomic E-state index is 10.7. The maximum Gasteiger partial charge on any atom is 0.335 e. The fraction of sp³-hybridized carbons (Fsp3) is 0. The van der Waals surface area contributed by atoms with Crippen LogP contribution in [0, 0.1) is 0 Å². The summed E-state index contributed by atoms with van der Waals surface area (Å²) < 4.78 is 5.33. The van der Waals surface area contributed by atoms with Crippen LogP contribution in [0.5, 0.6) is 11.6 Å². The molecule has 2 aromatic rings. The SMILES string of the molecule is O=C(O)c1ccnc(Oc2cccnc2)c1. The Balaban J connectivity index is 2.22. The topological polar surface area (TPSA) is 72.3 Å². The van der Waals surface area contributed by atoms with Gasteiger partial charge >= 0.3 is 5.97 Å². The number of aromatic carboxylic acids is 1.